The maximum Gasteiger partial charge on any atom is 0.267 e. The third-order valence-corrected chi connectivity index (χ3v) is 4.72. The molecule has 23 heavy (non-hydrogen) atoms. The molecule has 1 aliphatic heterocycles. The van der Waals surface area contributed by atoms with E-state index in [0.29, 0.717) is 12.2 Å². The number of amides is 1. The van der Waals surface area contributed by atoms with E-state index >= 15 is 0 Å². The fourth-order valence-corrected chi connectivity index (χ4v) is 3.30. The van der Waals surface area contributed by atoms with Gasteiger partial charge < -0.3 is 9.88 Å². The molecule has 1 aliphatic rings. The predicted molar refractivity (Wildman–Crippen MR) is 92.7 cm³/mol. The van der Waals surface area contributed by atoms with Gasteiger partial charge in [0, 0.05) is 24.8 Å². The molecule has 3 rings (SSSR count). The number of halogens is 1. The second-order valence-electron chi connectivity index (χ2n) is 6.02. The number of likely N-dealkylation sites (tertiary alicyclic amines) is 1. The van der Waals surface area contributed by atoms with E-state index in [1.807, 2.05) is 42.1 Å². The Kier molecular flexibility index (Phi) is 5.03. The van der Waals surface area contributed by atoms with Gasteiger partial charge in [0.15, 0.2) is 0 Å². The van der Waals surface area contributed by atoms with Gasteiger partial charge in [-0.05, 0) is 55.8 Å². The lowest BCUT2D eigenvalue weighted by Gasteiger charge is -2.28. The fourth-order valence-electron chi connectivity index (χ4n) is 3.17. The molecule has 122 valence electrons. The largest absolute Gasteiger partial charge is 0.349 e. The number of carbonyl (C=O) groups is 1. The number of hydrogen-bond acceptors (Lipinski definition) is 2. The van der Waals surface area contributed by atoms with Gasteiger partial charge in [0.1, 0.15) is 5.69 Å². The Hall–Kier alpha value is -1.78. The van der Waals surface area contributed by atoms with Crippen LogP contribution in [0.5, 0.6) is 0 Å². The zero-order valence-corrected chi connectivity index (χ0v) is 14.1. The Morgan fingerprint density at radius 3 is 2.52 bits per heavy atom. The molecule has 1 aromatic heterocycles. The number of nitrogens with zero attached hydrogens (tertiary/aromatic N) is 2. The highest BCUT2D eigenvalue weighted by Crippen LogP contribution is 2.25. The zero-order valence-electron chi connectivity index (χ0n) is 13.3. The van der Waals surface area contributed by atoms with Crippen molar-refractivity contribution in [3.05, 3.63) is 58.9 Å². The highest BCUT2D eigenvalue weighted by atomic mass is 35.5. The molecular weight excluding hydrogens is 310 g/mol. The van der Waals surface area contributed by atoms with Crippen molar-refractivity contribution in [3.8, 4) is 0 Å². The lowest BCUT2D eigenvalue weighted by atomic mass is 10.1. The summed E-state index contributed by atoms with van der Waals surface area (Å²) in [6.45, 7) is 2.76. The van der Waals surface area contributed by atoms with Gasteiger partial charge in [-0.25, -0.2) is 0 Å². The number of carbonyl (C=O) groups excluding carboxylic acids is 1. The minimum Gasteiger partial charge on any atom is -0.349 e. The lowest BCUT2D eigenvalue weighted by molar-refractivity contribution is 0.0930. The molecule has 1 atom stereocenters. The number of aromatic nitrogens is 1. The van der Waals surface area contributed by atoms with E-state index in [1.54, 1.807) is 0 Å². The van der Waals surface area contributed by atoms with Crippen LogP contribution in [0, 0.1) is 0 Å². The van der Waals surface area contributed by atoms with E-state index in [9.17, 15) is 4.79 Å². The summed E-state index contributed by atoms with van der Waals surface area (Å²) in [5.74, 6) is -0.0318. The standard InChI is InChI=1S/C18H22ClN3O/c1-21-10-4-5-16(21)18(23)20-13-17(22-11-2-3-12-22)14-6-8-15(19)9-7-14/h4-10,17H,2-3,11-13H2,1H3,(H,20,23)/t17-/m0/s1. The predicted octanol–water partition coefficient (Wildman–Crippen LogP) is 3.25. The van der Waals surface area contributed by atoms with Crippen LogP contribution in [0.15, 0.2) is 42.6 Å². The van der Waals surface area contributed by atoms with Crippen molar-refractivity contribution in [1.82, 2.24) is 14.8 Å². The van der Waals surface area contributed by atoms with Crippen LogP contribution in [-0.4, -0.2) is 35.0 Å². The van der Waals surface area contributed by atoms with Crippen molar-refractivity contribution in [2.24, 2.45) is 7.05 Å². The second-order valence-corrected chi connectivity index (χ2v) is 6.46. The Labute approximate surface area is 142 Å². The summed E-state index contributed by atoms with van der Waals surface area (Å²) in [6.07, 6.45) is 4.32. The third-order valence-electron chi connectivity index (χ3n) is 4.47. The molecule has 4 nitrogen and oxygen atoms in total. The van der Waals surface area contributed by atoms with Gasteiger partial charge in [0.25, 0.3) is 5.91 Å². The Balaban J connectivity index is 1.72. The molecule has 0 saturated carbocycles. The van der Waals surface area contributed by atoms with Gasteiger partial charge in [-0.2, -0.15) is 0 Å². The van der Waals surface area contributed by atoms with E-state index in [0.717, 1.165) is 18.1 Å². The van der Waals surface area contributed by atoms with Crippen LogP contribution in [0.2, 0.25) is 5.02 Å². The number of aryl methyl sites for hydroxylation is 1. The molecule has 0 unspecified atom stereocenters. The molecule has 0 spiro atoms. The molecule has 0 aliphatic carbocycles. The van der Waals surface area contributed by atoms with E-state index in [2.05, 4.69) is 22.3 Å². The van der Waals surface area contributed by atoms with Gasteiger partial charge in [0.05, 0.1) is 6.04 Å². The first kappa shape index (κ1) is 16.1. The third kappa shape index (κ3) is 3.77. The molecule has 1 aromatic carbocycles. The maximum absolute atomic E-state index is 12.4. The van der Waals surface area contributed by atoms with E-state index in [4.69, 9.17) is 11.6 Å². The summed E-state index contributed by atoms with van der Waals surface area (Å²) in [4.78, 5) is 14.8. The molecule has 0 bridgehead atoms. The van der Waals surface area contributed by atoms with Crippen molar-refractivity contribution in [1.29, 1.82) is 0 Å². The summed E-state index contributed by atoms with van der Waals surface area (Å²) in [5.41, 5.74) is 1.88. The molecule has 2 aromatic rings. The highest BCUT2D eigenvalue weighted by Gasteiger charge is 2.24. The van der Waals surface area contributed by atoms with E-state index < -0.39 is 0 Å². The van der Waals surface area contributed by atoms with Crippen molar-refractivity contribution in [2.75, 3.05) is 19.6 Å². The van der Waals surface area contributed by atoms with Crippen LogP contribution in [0.1, 0.15) is 34.9 Å². The first-order valence-corrected chi connectivity index (χ1v) is 8.42. The summed E-state index contributed by atoms with van der Waals surface area (Å²) in [6, 6.07) is 11.9. The molecule has 1 N–H and O–H groups in total. The van der Waals surface area contributed by atoms with Crippen LogP contribution in [0.4, 0.5) is 0 Å². The molecular formula is C18H22ClN3O. The van der Waals surface area contributed by atoms with E-state index in [-0.39, 0.29) is 11.9 Å². The topological polar surface area (TPSA) is 37.3 Å². The first-order valence-electron chi connectivity index (χ1n) is 8.04. The summed E-state index contributed by atoms with van der Waals surface area (Å²) in [5, 5.41) is 3.82. The van der Waals surface area contributed by atoms with Gasteiger partial charge in [-0.15, -0.1) is 0 Å². The molecule has 0 radical (unpaired) electrons. The van der Waals surface area contributed by atoms with Crippen LogP contribution < -0.4 is 5.32 Å². The van der Waals surface area contributed by atoms with Crippen LogP contribution in [-0.2, 0) is 7.05 Å². The highest BCUT2D eigenvalue weighted by molar-refractivity contribution is 6.30. The molecule has 1 saturated heterocycles. The average molecular weight is 332 g/mol. The quantitative estimate of drug-likeness (QED) is 0.913. The smallest absolute Gasteiger partial charge is 0.267 e. The van der Waals surface area contributed by atoms with Crippen molar-refractivity contribution >= 4 is 17.5 Å². The maximum atomic E-state index is 12.4. The first-order chi connectivity index (χ1) is 11.1. The molecule has 1 fully saturated rings. The fraction of sp³-hybridized carbons (Fsp3) is 0.389. The number of rotatable bonds is 5. The normalized spacial score (nSPS) is 16.4. The van der Waals surface area contributed by atoms with Gasteiger partial charge in [-0.3, -0.25) is 9.69 Å². The minimum absolute atomic E-state index is 0.0318. The summed E-state index contributed by atoms with van der Waals surface area (Å²) < 4.78 is 1.84. The SMILES string of the molecule is Cn1cccc1C(=O)NC[C@@H](c1ccc(Cl)cc1)N1CCCC1. The van der Waals surface area contributed by atoms with Crippen molar-refractivity contribution < 1.29 is 4.79 Å². The minimum atomic E-state index is -0.0318. The van der Waals surface area contributed by atoms with E-state index in [1.165, 1.54) is 18.4 Å². The monoisotopic (exact) mass is 331 g/mol. The summed E-state index contributed by atoms with van der Waals surface area (Å²) in [7, 11) is 1.88. The van der Waals surface area contributed by atoms with Gasteiger partial charge in [0.2, 0.25) is 0 Å². The van der Waals surface area contributed by atoms with Crippen molar-refractivity contribution in [2.45, 2.75) is 18.9 Å². The van der Waals surface area contributed by atoms with Gasteiger partial charge in [-0.1, -0.05) is 23.7 Å². The van der Waals surface area contributed by atoms with Crippen LogP contribution >= 0.6 is 11.6 Å². The number of hydrogen-bond donors (Lipinski definition) is 1. The Morgan fingerprint density at radius 2 is 1.91 bits per heavy atom. The zero-order chi connectivity index (χ0) is 16.2. The Morgan fingerprint density at radius 1 is 1.22 bits per heavy atom. The number of nitrogens with one attached hydrogen (secondary N) is 1. The lowest BCUT2D eigenvalue weighted by Crippen LogP contribution is -2.37. The number of benzene rings is 1. The Bertz CT molecular complexity index is 659. The molecule has 2 heterocycles. The van der Waals surface area contributed by atoms with Crippen LogP contribution in [0.25, 0.3) is 0 Å². The van der Waals surface area contributed by atoms with Gasteiger partial charge >= 0.3 is 0 Å². The molecule has 5 heteroatoms. The summed E-state index contributed by atoms with van der Waals surface area (Å²) >= 11 is 6.00. The van der Waals surface area contributed by atoms with Crippen LogP contribution in [0.3, 0.4) is 0 Å². The molecule has 1 amide bonds. The second kappa shape index (κ2) is 7.20. The van der Waals surface area contributed by atoms with Crippen molar-refractivity contribution in [3.63, 3.8) is 0 Å². The average Bonchev–Trinajstić information content (AvgIpc) is 3.20.